The van der Waals surface area contributed by atoms with E-state index < -0.39 is 6.55 Å². The summed E-state index contributed by atoms with van der Waals surface area (Å²) in [5.41, 5.74) is 0. The number of hydrogen-bond acceptors (Lipinski definition) is 3. The van der Waals surface area contributed by atoms with Crippen LogP contribution in [0.1, 0.15) is 6.55 Å². The molecule has 0 aliphatic carbocycles. The van der Waals surface area contributed by atoms with Crippen LogP contribution in [0.3, 0.4) is 0 Å². The molecule has 0 amide bonds. The summed E-state index contributed by atoms with van der Waals surface area (Å²) < 4.78 is 25.1. The van der Waals surface area contributed by atoms with Crippen LogP contribution in [-0.2, 0) is 0 Å². The van der Waals surface area contributed by atoms with Crippen LogP contribution in [0.15, 0.2) is 12.3 Å². The standard InChI is InChI=1S/C8H12F2N4/c9-8(10)14-4-1-7(12-14)13-5-2-11-3-6-13/h1,4,8,11H,2-3,5-6H2. The Morgan fingerprint density at radius 3 is 2.64 bits per heavy atom. The lowest BCUT2D eigenvalue weighted by Gasteiger charge is -2.27. The summed E-state index contributed by atoms with van der Waals surface area (Å²) in [5, 5.41) is 6.99. The highest BCUT2D eigenvalue weighted by molar-refractivity contribution is 5.37. The van der Waals surface area contributed by atoms with Gasteiger partial charge in [-0.25, -0.2) is 4.68 Å². The number of rotatable bonds is 2. The number of aromatic nitrogens is 2. The first-order valence-corrected chi connectivity index (χ1v) is 4.56. The maximum Gasteiger partial charge on any atom is 0.333 e. The van der Waals surface area contributed by atoms with Gasteiger partial charge in [-0.3, -0.25) is 0 Å². The average molecular weight is 202 g/mol. The molecule has 1 aromatic heterocycles. The molecule has 0 aromatic carbocycles. The summed E-state index contributed by atoms with van der Waals surface area (Å²) in [6.45, 7) is 0.843. The molecule has 14 heavy (non-hydrogen) atoms. The van der Waals surface area contributed by atoms with E-state index in [4.69, 9.17) is 0 Å². The summed E-state index contributed by atoms with van der Waals surface area (Å²) in [7, 11) is 0. The maximum absolute atomic E-state index is 12.2. The maximum atomic E-state index is 12.2. The van der Waals surface area contributed by atoms with Gasteiger partial charge in [-0.1, -0.05) is 0 Å². The van der Waals surface area contributed by atoms with Gasteiger partial charge in [0, 0.05) is 38.4 Å². The van der Waals surface area contributed by atoms with Gasteiger partial charge in [-0.15, -0.1) is 0 Å². The van der Waals surface area contributed by atoms with Gasteiger partial charge in [0.1, 0.15) is 0 Å². The van der Waals surface area contributed by atoms with Gasteiger partial charge in [0.15, 0.2) is 5.82 Å². The number of halogens is 2. The average Bonchev–Trinajstić information content (AvgIpc) is 2.68. The van der Waals surface area contributed by atoms with Crippen molar-refractivity contribution < 1.29 is 8.78 Å². The van der Waals surface area contributed by atoms with E-state index in [0.29, 0.717) is 10.5 Å². The van der Waals surface area contributed by atoms with E-state index in [-0.39, 0.29) is 0 Å². The van der Waals surface area contributed by atoms with Crippen LogP contribution in [0.4, 0.5) is 14.6 Å². The van der Waals surface area contributed by atoms with Crippen molar-refractivity contribution >= 4 is 5.82 Å². The summed E-state index contributed by atoms with van der Waals surface area (Å²) >= 11 is 0. The zero-order valence-electron chi connectivity index (χ0n) is 7.66. The second-order valence-corrected chi connectivity index (χ2v) is 3.17. The topological polar surface area (TPSA) is 33.1 Å². The van der Waals surface area contributed by atoms with Crippen molar-refractivity contribution in [1.29, 1.82) is 0 Å². The fourth-order valence-corrected chi connectivity index (χ4v) is 1.50. The first kappa shape index (κ1) is 9.39. The van der Waals surface area contributed by atoms with Crippen molar-refractivity contribution in [3.05, 3.63) is 12.3 Å². The van der Waals surface area contributed by atoms with Crippen molar-refractivity contribution in [3.8, 4) is 0 Å². The molecular weight excluding hydrogens is 190 g/mol. The summed E-state index contributed by atoms with van der Waals surface area (Å²) in [4.78, 5) is 2.00. The minimum atomic E-state index is -2.55. The van der Waals surface area contributed by atoms with Gasteiger partial charge in [-0.05, 0) is 0 Å². The van der Waals surface area contributed by atoms with Crippen molar-refractivity contribution in [3.63, 3.8) is 0 Å². The molecule has 78 valence electrons. The molecule has 0 radical (unpaired) electrons. The lowest BCUT2D eigenvalue weighted by Crippen LogP contribution is -2.43. The molecule has 0 atom stereocenters. The Bertz CT molecular complexity index is 293. The van der Waals surface area contributed by atoms with Crippen LogP contribution in [0.5, 0.6) is 0 Å². The molecule has 2 rings (SSSR count). The summed E-state index contributed by atoms with van der Waals surface area (Å²) in [5.74, 6) is 0.631. The highest BCUT2D eigenvalue weighted by Crippen LogP contribution is 2.15. The summed E-state index contributed by atoms with van der Waals surface area (Å²) in [6.07, 6.45) is 1.31. The molecule has 0 unspecified atom stereocenters. The molecule has 1 fully saturated rings. The zero-order valence-corrected chi connectivity index (χ0v) is 7.66. The van der Waals surface area contributed by atoms with E-state index in [1.807, 2.05) is 4.90 Å². The van der Waals surface area contributed by atoms with E-state index in [2.05, 4.69) is 10.4 Å². The normalized spacial score (nSPS) is 17.8. The Balaban J connectivity index is 2.07. The second kappa shape index (κ2) is 3.91. The predicted molar refractivity (Wildman–Crippen MR) is 48.6 cm³/mol. The second-order valence-electron chi connectivity index (χ2n) is 3.17. The lowest BCUT2D eigenvalue weighted by molar-refractivity contribution is 0.0567. The van der Waals surface area contributed by atoms with Gasteiger partial charge < -0.3 is 10.2 Å². The van der Waals surface area contributed by atoms with E-state index in [0.717, 1.165) is 26.2 Å². The minimum absolute atomic E-state index is 0.631. The molecule has 0 bridgehead atoms. The van der Waals surface area contributed by atoms with Crippen molar-refractivity contribution in [1.82, 2.24) is 15.1 Å². The Morgan fingerprint density at radius 1 is 1.36 bits per heavy atom. The van der Waals surface area contributed by atoms with E-state index >= 15 is 0 Å². The molecule has 4 nitrogen and oxygen atoms in total. The predicted octanol–water partition coefficient (Wildman–Crippen LogP) is 0.688. The molecular formula is C8H12F2N4. The van der Waals surface area contributed by atoms with E-state index in [9.17, 15) is 8.78 Å². The largest absolute Gasteiger partial charge is 0.353 e. The Hall–Kier alpha value is -1.17. The summed E-state index contributed by atoms with van der Waals surface area (Å²) in [6, 6.07) is 1.62. The van der Waals surface area contributed by atoms with Crippen LogP contribution in [0.2, 0.25) is 0 Å². The van der Waals surface area contributed by atoms with Gasteiger partial charge in [0.2, 0.25) is 0 Å². The first-order valence-electron chi connectivity index (χ1n) is 4.56. The monoisotopic (exact) mass is 202 g/mol. The van der Waals surface area contributed by atoms with E-state index in [1.165, 1.54) is 6.20 Å². The fraction of sp³-hybridized carbons (Fsp3) is 0.625. The lowest BCUT2D eigenvalue weighted by atomic mass is 10.3. The SMILES string of the molecule is FC(F)n1ccc(N2CCNCC2)n1. The fourth-order valence-electron chi connectivity index (χ4n) is 1.50. The zero-order chi connectivity index (χ0) is 9.97. The number of nitrogens with one attached hydrogen (secondary N) is 1. The number of alkyl halides is 2. The number of piperazine rings is 1. The number of anilines is 1. The highest BCUT2D eigenvalue weighted by Gasteiger charge is 2.14. The Morgan fingerprint density at radius 2 is 2.07 bits per heavy atom. The number of hydrogen-bond donors (Lipinski definition) is 1. The van der Waals surface area contributed by atoms with Crippen LogP contribution >= 0.6 is 0 Å². The highest BCUT2D eigenvalue weighted by atomic mass is 19.3. The first-order chi connectivity index (χ1) is 6.77. The molecule has 2 heterocycles. The van der Waals surface area contributed by atoms with Crippen molar-refractivity contribution in [2.45, 2.75) is 6.55 Å². The molecule has 0 spiro atoms. The molecule has 6 heteroatoms. The third kappa shape index (κ3) is 1.84. The minimum Gasteiger partial charge on any atom is -0.353 e. The van der Waals surface area contributed by atoms with Gasteiger partial charge >= 0.3 is 6.55 Å². The van der Waals surface area contributed by atoms with Gasteiger partial charge in [-0.2, -0.15) is 13.9 Å². The van der Waals surface area contributed by atoms with Crippen molar-refractivity contribution in [2.24, 2.45) is 0 Å². The number of nitrogens with zero attached hydrogens (tertiary/aromatic N) is 3. The molecule has 0 saturated carbocycles. The Kier molecular flexibility index (Phi) is 2.62. The molecule has 1 saturated heterocycles. The van der Waals surface area contributed by atoms with Crippen molar-refractivity contribution in [2.75, 3.05) is 31.1 Å². The van der Waals surface area contributed by atoms with Crippen LogP contribution in [-0.4, -0.2) is 36.0 Å². The van der Waals surface area contributed by atoms with Gasteiger partial charge in [0.25, 0.3) is 0 Å². The molecule has 1 aliphatic rings. The Labute approximate surface area is 80.5 Å². The van der Waals surface area contributed by atoms with Crippen LogP contribution in [0, 0.1) is 0 Å². The van der Waals surface area contributed by atoms with Crippen LogP contribution in [0.25, 0.3) is 0 Å². The van der Waals surface area contributed by atoms with Crippen LogP contribution < -0.4 is 10.2 Å². The third-order valence-electron chi connectivity index (χ3n) is 2.24. The quantitative estimate of drug-likeness (QED) is 0.765. The molecule has 1 aromatic rings. The molecule has 1 N–H and O–H groups in total. The molecule has 1 aliphatic heterocycles. The van der Waals surface area contributed by atoms with Gasteiger partial charge in [0.05, 0.1) is 0 Å². The smallest absolute Gasteiger partial charge is 0.333 e. The van der Waals surface area contributed by atoms with E-state index in [1.54, 1.807) is 6.07 Å². The third-order valence-corrected chi connectivity index (χ3v) is 2.24.